The molecule has 16 heavy (non-hydrogen) atoms. The quantitative estimate of drug-likeness (QED) is 0.794. The molecule has 0 aromatic heterocycles. The molecule has 0 bridgehead atoms. The van der Waals surface area contributed by atoms with Crippen LogP contribution in [0.3, 0.4) is 0 Å². The Kier molecular flexibility index (Phi) is 4.16. The maximum absolute atomic E-state index is 12.3. The van der Waals surface area contributed by atoms with E-state index in [0.717, 1.165) is 31.5 Å². The van der Waals surface area contributed by atoms with Crippen LogP contribution in [0.5, 0.6) is 0 Å². The molecule has 0 radical (unpaired) electrons. The lowest BCUT2D eigenvalue weighted by Crippen LogP contribution is -2.47. The third kappa shape index (κ3) is 2.73. The van der Waals surface area contributed by atoms with Crippen LogP contribution >= 0.6 is 0 Å². The van der Waals surface area contributed by atoms with Crippen LogP contribution in [0.1, 0.15) is 45.4 Å². The summed E-state index contributed by atoms with van der Waals surface area (Å²) < 4.78 is 0. The molecular formula is C14H23NO. The van der Waals surface area contributed by atoms with Gasteiger partial charge in [-0.1, -0.05) is 25.8 Å². The van der Waals surface area contributed by atoms with Gasteiger partial charge in [-0.2, -0.15) is 0 Å². The SMILES string of the molecule is CC(C(=O)C1=CCCCCCC1)C1CNC1. The Morgan fingerprint density at radius 2 is 2.06 bits per heavy atom. The molecule has 1 atom stereocenters. The van der Waals surface area contributed by atoms with E-state index in [9.17, 15) is 4.79 Å². The molecule has 0 saturated carbocycles. The second-order valence-electron chi connectivity index (χ2n) is 5.25. The van der Waals surface area contributed by atoms with E-state index in [1.807, 2.05) is 0 Å². The highest BCUT2D eigenvalue weighted by Gasteiger charge is 2.29. The fourth-order valence-corrected chi connectivity index (χ4v) is 2.59. The standard InChI is InChI=1S/C14H23NO/c1-11(13-9-15-10-13)14(16)12-7-5-3-2-4-6-8-12/h7,11,13,15H,2-6,8-10H2,1H3. The van der Waals surface area contributed by atoms with Crippen molar-refractivity contribution in [1.82, 2.24) is 5.32 Å². The molecule has 1 saturated heterocycles. The van der Waals surface area contributed by atoms with Gasteiger partial charge >= 0.3 is 0 Å². The van der Waals surface area contributed by atoms with Crippen LogP contribution < -0.4 is 5.32 Å². The van der Waals surface area contributed by atoms with Gasteiger partial charge in [0.1, 0.15) is 0 Å². The van der Waals surface area contributed by atoms with Gasteiger partial charge in [0, 0.05) is 5.92 Å². The number of rotatable bonds is 3. The highest BCUT2D eigenvalue weighted by molar-refractivity contribution is 5.97. The molecule has 1 fully saturated rings. The molecule has 1 heterocycles. The van der Waals surface area contributed by atoms with Gasteiger partial charge in [-0.3, -0.25) is 4.79 Å². The van der Waals surface area contributed by atoms with Crippen LogP contribution in [0.2, 0.25) is 0 Å². The molecule has 1 unspecified atom stereocenters. The maximum atomic E-state index is 12.3. The van der Waals surface area contributed by atoms with E-state index < -0.39 is 0 Å². The van der Waals surface area contributed by atoms with Gasteiger partial charge in [-0.25, -0.2) is 0 Å². The van der Waals surface area contributed by atoms with Crippen molar-refractivity contribution in [3.05, 3.63) is 11.6 Å². The molecule has 0 aromatic carbocycles. The minimum Gasteiger partial charge on any atom is -0.316 e. The Labute approximate surface area is 98.5 Å². The highest BCUT2D eigenvalue weighted by Crippen LogP contribution is 2.25. The molecule has 2 aliphatic rings. The molecule has 0 amide bonds. The summed E-state index contributed by atoms with van der Waals surface area (Å²) in [6.07, 6.45) is 9.43. The number of hydrogen-bond donors (Lipinski definition) is 1. The molecular weight excluding hydrogens is 198 g/mol. The monoisotopic (exact) mass is 221 g/mol. The number of carbonyl (C=O) groups excluding carboxylic acids is 1. The Morgan fingerprint density at radius 1 is 1.31 bits per heavy atom. The van der Waals surface area contributed by atoms with E-state index in [-0.39, 0.29) is 5.92 Å². The second-order valence-corrected chi connectivity index (χ2v) is 5.25. The number of Topliss-reactive ketones (excluding diaryl/α,β-unsaturated/α-hetero) is 1. The lowest BCUT2D eigenvalue weighted by Gasteiger charge is -2.32. The number of carbonyl (C=O) groups is 1. The van der Waals surface area contributed by atoms with E-state index in [4.69, 9.17) is 0 Å². The summed E-state index contributed by atoms with van der Waals surface area (Å²) in [5.74, 6) is 1.24. The third-order valence-corrected chi connectivity index (χ3v) is 4.04. The average molecular weight is 221 g/mol. The lowest BCUT2D eigenvalue weighted by molar-refractivity contribution is -0.121. The molecule has 2 heteroatoms. The second kappa shape index (κ2) is 5.62. The predicted octanol–water partition coefficient (Wildman–Crippen LogP) is 2.69. The van der Waals surface area contributed by atoms with E-state index >= 15 is 0 Å². The first-order valence-corrected chi connectivity index (χ1v) is 6.73. The van der Waals surface area contributed by atoms with E-state index in [0.29, 0.717) is 11.7 Å². The van der Waals surface area contributed by atoms with Crippen molar-refractivity contribution < 1.29 is 4.79 Å². The van der Waals surface area contributed by atoms with Crippen molar-refractivity contribution in [2.75, 3.05) is 13.1 Å². The molecule has 1 aliphatic carbocycles. The lowest BCUT2D eigenvalue weighted by atomic mass is 9.81. The summed E-state index contributed by atoms with van der Waals surface area (Å²) >= 11 is 0. The average Bonchev–Trinajstić information content (AvgIpc) is 2.13. The Bertz CT molecular complexity index is 278. The van der Waals surface area contributed by atoms with Crippen molar-refractivity contribution in [1.29, 1.82) is 0 Å². The number of nitrogens with one attached hydrogen (secondary N) is 1. The van der Waals surface area contributed by atoms with Crippen LogP contribution in [0.15, 0.2) is 11.6 Å². The summed E-state index contributed by atoms with van der Waals surface area (Å²) in [5, 5.41) is 3.25. The van der Waals surface area contributed by atoms with Gasteiger partial charge in [0.25, 0.3) is 0 Å². The van der Waals surface area contributed by atoms with E-state index in [1.165, 1.54) is 25.7 Å². The van der Waals surface area contributed by atoms with Gasteiger partial charge in [0.05, 0.1) is 0 Å². The van der Waals surface area contributed by atoms with Crippen LogP contribution in [0.4, 0.5) is 0 Å². The van der Waals surface area contributed by atoms with Gasteiger partial charge < -0.3 is 5.32 Å². The topological polar surface area (TPSA) is 29.1 Å². The summed E-state index contributed by atoms with van der Waals surface area (Å²) in [5.41, 5.74) is 1.12. The van der Waals surface area contributed by atoms with Crippen LogP contribution in [-0.2, 0) is 4.79 Å². The first-order chi connectivity index (χ1) is 7.79. The van der Waals surface area contributed by atoms with Crippen molar-refractivity contribution in [3.63, 3.8) is 0 Å². The normalized spacial score (nSPS) is 24.9. The zero-order valence-corrected chi connectivity index (χ0v) is 10.3. The number of ketones is 1. The maximum Gasteiger partial charge on any atom is 0.161 e. The van der Waals surface area contributed by atoms with E-state index in [1.54, 1.807) is 0 Å². The van der Waals surface area contributed by atoms with Crippen molar-refractivity contribution in [2.45, 2.75) is 45.4 Å². The summed E-state index contributed by atoms with van der Waals surface area (Å²) in [4.78, 5) is 12.3. The minimum atomic E-state index is 0.229. The first kappa shape index (κ1) is 11.8. The van der Waals surface area contributed by atoms with Crippen LogP contribution in [-0.4, -0.2) is 18.9 Å². The van der Waals surface area contributed by atoms with Crippen molar-refractivity contribution >= 4 is 5.78 Å². The number of hydrogen-bond acceptors (Lipinski definition) is 2. The number of allylic oxidation sites excluding steroid dienone is 2. The summed E-state index contributed by atoms with van der Waals surface area (Å²) in [7, 11) is 0. The first-order valence-electron chi connectivity index (χ1n) is 6.73. The third-order valence-electron chi connectivity index (χ3n) is 4.04. The smallest absolute Gasteiger partial charge is 0.161 e. The highest BCUT2D eigenvalue weighted by atomic mass is 16.1. The van der Waals surface area contributed by atoms with Crippen molar-refractivity contribution in [3.8, 4) is 0 Å². The molecule has 2 rings (SSSR count). The van der Waals surface area contributed by atoms with Crippen molar-refractivity contribution in [2.24, 2.45) is 11.8 Å². The zero-order chi connectivity index (χ0) is 11.4. The van der Waals surface area contributed by atoms with Gasteiger partial charge in [-0.05, 0) is 50.3 Å². The molecule has 0 aromatic rings. The molecule has 1 N–H and O–H groups in total. The Hall–Kier alpha value is -0.630. The minimum absolute atomic E-state index is 0.229. The Balaban J connectivity index is 1.95. The molecule has 2 nitrogen and oxygen atoms in total. The zero-order valence-electron chi connectivity index (χ0n) is 10.3. The van der Waals surface area contributed by atoms with Gasteiger partial charge in [0.15, 0.2) is 5.78 Å². The van der Waals surface area contributed by atoms with Crippen LogP contribution in [0, 0.1) is 11.8 Å². The van der Waals surface area contributed by atoms with Gasteiger partial charge in [0.2, 0.25) is 0 Å². The van der Waals surface area contributed by atoms with Crippen LogP contribution in [0.25, 0.3) is 0 Å². The molecule has 0 spiro atoms. The Morgan fingerprint density at radius 3 is 2.75 bits per heavy atom. The molecule has 90 valence electrons. The van der Waals surface area contributed by atoms with Gasteiger partial charge in [-0.15, -0.1) is 0 Å². The predicted molar refractivity (Wildman–Crippen MR) is 66.3 cm³/mol. The summed E-state index contributed by atoms with van der Waals surface area (Å²) in [6.45, 7) is 4.16. The van der Waals surface area contributed by atoms with E-state index in [2.05, 4.69) is 18.3 Å². The molecule has 1 aliphatic heterocycles. The fourth-order valence-electron chi connectivity index (χ4n) is 2.59. The largest absolute Gasteiger partial charge is 0.316 e. The fraction of sp³-hybridized carbons (Fsp3) is 0.786. The summed E-state index contributed by atoms with van der Waals surface area (Å²) in [6, 6.07) is 0.